The SMILES string of the molecule is NCCCCC(=O)OCCN1CCOCC1. The Bertz CT molecular complexity index is 194. The van der Waals surface area contributed by atoms with Crippen molar-refractivity contribution in [2.24, 2.45) is 5.73 Å². The zero-order chi connectivity index (χ0) is 11.6. The summed E-state index contributed by atoms with van der Waals surface area (Å²) >= 11 is 0. The maximum atomic E-state index is 11.3. The molecule has 1 aliphatic heterocycles. The van der Waals surface area contributed by atoms with Crippen molar-refractivity contribution in [2.75, 3.05) is 46.0 Å². The Hall–Kier alpha value is -0.650. The lowest BCUT2D eigenvalue weighted by atomic mass is 10.2. The van der Waals surface area contributed by atoms with Crippen LogP contribution in [0.2, 0.25) is 0 Å². The summed E-state index contributed by atoms with van der Waals surface area (Å²) in [6.07, 6.45) is 2.20. The van der Waals surface area contributed by atoms with E-state index in [1.165, 1.54) is 0 Å². The van der Waals surface area contributed by atoms with E-state index < -0.39 is 0 Å². The number of unbranched alkanes of at least 4 members (excludes halogenated alkanes) is 1. The summed E-state index contributed by atoms with van der Waals surface area (Å²) in [5, 5.41) is 0. The summed E-state index contributed by atoms with van der Waals surface area (Å²) in [4.78, 5) is 13.5. The highest BCUT2D eigenvalue weighted by atomic mass is 16.5. The molecule has 0 saturated carbocycles. The van der Waals surface area contributed by atoms with E-state index >= 15 is 0 Å². The van der Waals surface area contributed by atoms with Crippen LogP contribution in [0, 0.1) is 0 Å². The number of carbonyl (C=O) groups is 1. The lowest BCUT2D eigenvalue weighted by Gasteiger charge is -2.26. The summed E-state index contributed by atoms with van der Waals surface area (Å²) in [5.74, 6) is -0.110. The van der Waals surface area contributed by atoms with E-state index in [4.69, 9.17) is 15.2 Å². The first-order valence-electron chi connectivity index (χ1n) is 5.98. The van der Waals surface area contributed by atoms with E-state index in [0.717, 1.165) is 45.7 Å². The highest BCUT2D eigenvalue weighted by Gasteiger charge is 2.10. The maximum absolute atomic E-state index is 11.3. The predicted molar refractivity (Wildman–Crippen MR) is 61.1 cm³/mol. The van der Waals surface area contributed by atoms with Gasteiger partial charge in [0.15, 0.2) is 0 Å². The number of nitrogens with zero attached hydrogens (tertiary/aromatic N) is 1. The molecule has 0 amide bonds. The van der Waals surface area contributed by atoms with Crippen molar-refractivity contribution in [3.05, 3.63) is 0 Å². The van der Waals surface area contributed by atoms with Gasteiger partial charge in [-0.2, -0.15) is 0 Å². The van der Waals surface area contributed by atoms with E-state index in [2.05, 4.69) is 4.90 Å². The van der Waals surface area contributed by atoms with Gasteiger partial charge in [0, 0.05) is 26.1 Å². The largest absolute Gasteiger partial charge is 0.464 e. The van der Waals surface area contributed by atoms with Gasteiger partial charge < -0.3 is 15.2 Å². The molecular weight excluding hydrogens is 208 g/mol. The second-order valence-electron chi connectivity index (χ2n) is 3.92. The normalized spacial score (nSPS) is 17.3. The number of esters is 1. The van der Waals surface area contributed by atoms with Crippen molar-refractivity contribution < 1.29 is 14.3 Å². The Morgan fingerprint density at radius 2 is 2.06 bits per heavy atom. The van der Waals surface area contributed by atoms with Gasteiger partial charge in [-0.05, 0) is 19.4 Å². The second kappa shape index (κ2) is 8.50. The van der Waals surface area contributed by atoms with E-state index in [-0.39, 0.29) is 5.97 Å². The molecule has 1 aliphatic rings. The number of morpholine rings is 1. The van der Waals surface area contributed by atoms with Gasteiger partial charge in [0.05, 0.1) is 13.2 Å². The van der Waals surface area contributed by atoms with Crippen LogP contribution in [0.4, 0.5) is 0 Å². The van der Waals surface area contributed by atoms with Gasteiger partial charge in [0.25, 0.3) is 0 Å². The van der Waals surface area contributed by atoms with E-state index in [0.29, 0.717) is 19.6 Å². The number of ether oxygens (including phenoxy) is 2. The Morgan fingerprint density at radius 1 is 1.31 bits per heavy atom. The van der Waals surface area contributed by atoms with Gasteiger partial charge in [-0.3, -0.25) is 9.69 Å². The third-order valence-corrected chi connectivity index (χ3v) is 2.61. The smallest absolute Gasteiger partial charge is 0.305 e. The summed E-state index contributed by atoms with van der Waals surface area (Å²) in [6, 6.07) is 0. The molecular formula is C11H22N2O3. The van der Waals surface area contributed by atoms with Crippen molar-refractivity contribution in [3.63, 3.8) is 0 Å². The molecule has 0 aromatic heterocycles. The number of carbonyl (C=O) groups excluding carboxylic acids is 1. The first-order valence-corrected chi connectivity index (χ1v) is 5.98. The lowest BCUT2D eigenvalue weighted by molar-refractivity contribution is -0.144. The average molecular weight is 230 g/mol. The van der Waals surface area contributed by atoms with Crippen LogP contribution < -0.4 is 5.73 Å². The molecule has 0 bridgehead atoms. The van der Waals surface area contributed by atoms with Crippen LogP contribution in [-0.4, -0.2) is 56.9 Å². The van der Waals surface area contributed by atoms with Crippen LogP contribution in [0.3, 0.4) is 0 Å². The van der Waals surface area contributed by atoms with Crippen molar-refractivity contribution in [2.45, 2.75) is 19.3 Å². The Balaban J connectivity index is 1.94. The van der Waals surface area contributed by atoms with Crippen LogP contribution in [0.15, 0.2) is 0 Å². The fourth-order valence-corrected chi connectivity index (χ4v) is 1.60. The summed E-state index contributed by atoms with van der Waals surface area (Å²) in [6.45, 7) is 5.37. The topological polar surface area (TPSA) is 64.8 Å². The van der Waals surface area contributed by atoms with E-state index in [1.807, 2.05) is 0 Å². The Kier molecular flexibility index (Phi) is 7.12. The highest BCUT2D eigenvalue weighted by molar-refractivity contribution is 5.69. The number of hydrogen-bond acceptors (Lipinski definition) is 5. The quantitative estimate of drug-likeness (QED) is 0.492. The first-order chi connectivity index (χ1) is 7.83. The third kappa shape index (κ3) is 6.05. The molecule has 0 atom stereocenters. The number of rotatable bonds is 7. The maximum Gasteiger partial charge on any atom is 0.305 e. The van der Waals surface area contributed by atoms with Crippen LogP contribution >= 0.6 is 0 Å². The minimum absolute atomic E-state index is 0.110. The van der Waals surface area contributed by atoms with E-state index in [9.17, 15) is 4.79 Å². The summed E-state index contributed by atoms with van der Waals surface area (Å²) in [5.41, 5.74) is 5.34. The van der Waals surface area contributed by atoms with Crippen molar-refractivity contribution in [1.29, 1.82) is 0 Å². The second-order valence-corrected chi connectivity index (χ2v) is 3.92. The molecule has 1 fully saturated rings. The molecule has 0 spiro atoms. The zero-order valence-corrected chi connectivity index (χ0v) is 9.82. The molecule has 0 unspecified atom stereocenters. The molecule has 94 valence electrons. The van der Waals surface area contributed by atoms with Gasteiger partial charge in [-0.15, -0.1) is 0 Å². The highest BCUT2D eigenvalue weighted by Crippen LogP contribution is 1.98. The molecule has 0 radical (unpaired) electrons. The molecule has 5 nitrogen and oxygen atoms in total. The third-order valence-electron chi connectivity index (χ3n) is 2.61. The minimum Gasteiger partial charge on any atom is -0.464 e. The standard InChI is InChI=1S/C11H22N2O3/c12-4-2-1-3-11(14)16-10-7-13-5-8-15-9-6-13/h1-10,12H2. The molecule has 1 heterocycles. The molecule has 5 heteroatoms. The van der Waals surface area contributed by atoms with Crippen molar-refractivity contribution in [3.8, 4) is 0 Å². The fourth-order valence-electron chi connectivity index (χ4n) is 1.60. The van der Waals surface area contributed by atoms with Crippen LogP contribution in [0.1, 0.15) is 19.3 Å². The molecule has 1 saturated heterocycles. The van der Waals surface area contributed by atoms with Crippen molar-refractivity contribution >= 4 is 5.97 Å². The van der Waals surface area contributed by atoms with Crippen molar-refractivity contribution in [1.82, 2.24) is 4.90 Å². The van der Waals surface area contributed by atoms with E-state index in [1.54, 1.807) is 0 Å². The summed E-state index contributed by atoms with van der Waals surface area (Å²) in [7, 11) is 0. The Labute approximate surface area is 96.9 Å². The fraction of sp³-hybridized carbons (Fsp3) is 0.909. The monoisotopic (exact) mass is 230 g/mol. The zero-order valence-electron chi connectivity index (χ0n) is 9.82. The van der Waals surface area contributed by atoms with Crippen LogP contribution in [-0.2, 0) is 14.3 Å². The number of hydrogen-bond donors (Lipinski definition) is 1. The van der Waals surface area contributed by atoms with Gasteiger partial charge in [0.2, 0.25) is 0 Å². The minimum atomic E-state index is -0.110. The van der Waals surface area contributed by atoms with Gasteiger partial charge in [-0.1, -0.05) is 0 Å². The average Bonchev–Trinajstić information content (AvgIpc) is 2.31. The van der Waals surface area contributed by atoms with Crippen LogP contribution in [0.5, 0.6) is 0 Å². The van der Waals surface area contributed by atoms with Crippen LogP contribution in [0.25, 0.3) is 0 Å². The van der Waals surface area contributed by atoms with Gasteiger partial charge in [0.1, 0.15) is 6.61 Å². The Morgan fingerprint density at radius 3 is 2.75 bits per heavy atom. The predicted octanol–water partition coefficient (Wildman–Crippen LogP) is -0.00920. The number of nitrogens with two attached hydrogens (primary N) is 1. The summed E-state index contributed by atoms with van der Waals surface area (Å²) < 4.78 is 10.4. The lowest BCUT2D eigenvalue weighted by Crippen LogP contribution is -2.38. The molecule has 0 aliphatic carbocycles. The first kappa shape index (κ1) is 13.4. The molecule has 0 aromatic carbocycles. The molecule has 0 aromatic rings. The molecule has 2 N–H and O–H groups in total. The van der Waals surface area contributed by atoms with Gasteiger partial charge >= 0.3 is 5.97 Å². The molecule has 1 rings (SSSR count). The molecule has 16 heavy (non-hydrogen) atoms. The van der Waals surface area contributed by atoms with Gasteiger partial charge in [-0.25, -0.2) is 0 Å².